The molecule has 4 fully saturated rings. The quantitative estimate of drug-likeness (QED) is 0.195. The highest BCUT2D eigenvalue weighted by Gasteiger charge is 2.59. The molecule has 7 atom stereocenters. The maximum Gasteiger partial charge on any atom is 0.223 e. The van der Waals surface area contributed by atoms with Crippen LogP contribution in [0.5, 0.6) is 0 Å². The van der Waals surface area contributed by atoms with Crippen LogP contribution in [0.4, 0.5) is 0 Å². The third-order valence-corrected chi connectivity index (χ3v) is 12.1. The van der Waals surface area contributed by atoms with Crippen molar-refractivity contribution < 1.29 is 4.79 Å². The van der Waals surface area contributed by atoms with Gasteiger partial charge < -0.3 is 4.90 Å². The molecule has 0 aromatic carbocycles. The van der Waals surface area contributed by atoms with Crippen LogP contribution in [0.2, 0.25) is 0 Å². The molecule has 0 aromatic heterocycles. The summed E-state index contributed by atoms with van der Waals surface area (Å²) in [5.41, 5.74) is 1.17. The second-order valence-electron chi connectivity index (χ2n) is 13.9. The van der Waals surface area contributed by atoms with Crippen LogP contribution in [0.25, 0.3) is 0 Å². The van der Waals surface area contributed by atoms with Crippen LogP contribution in [-0.4, -0.2) is 23.9 Å². The molecule has 4 aliphatic rings. The molecule has 36 heavy (non-hydrogen) atoms. The average molecular weight is 496 g/mol. The van der Waals surface area contributed by atoms with E-state index in [0.29, 0.717) is 29.7 Å². The predicted octanol–water partition coefficient (Wildman–Crippen LogP) is 9.03. The van der Waals surface area contributed by atoms with E-state index >= 15 is 0 Å². The van der Waals surface area contributed by atoms with Crippen LogP contribution in [-0.2, 0) is 4.79 Å². The predicted molar refractivity (Wildman–Crippen MR) is 152 cm³/mol. The van der Waals surface area contributed by atoms with E-state index in [0.717, 1.165) is 49.0 Å². The Balaban J connectivity index is 1.25. The average Bonchev–Trinajstić information content (AvgIpc) is 3.21. The Labute approximate surface area is 224 Å². The van der Waals surface area contributed by atoms with E-state index < -0.39 is 0 Å². The van der Waals surface area contributed by atoms with Gasteiger partial charge in [-0.3, -0.25) is 4.79 Å². The summed E-state index contributed by atoms with van der Waals surface area (Å²) in [6.45, 7) is 8.94. The van der Waals surface area contributed by atoms with Gasteiger partial charge >= 0.3 is 0 Å². The van der Waals surface area contributed by atoms with Gasteiger partial charge in [0, 0.05) is 13.0 Å². The van der Waals surface area contributed by atoms with Crippen LogP contribution in [0.15, 0.2) is 0 Å². The largest absolute Gasteiger partial charge is 0.332 e. The number of fused-ring (bicyclic) bond motifs is 5. The first-order valence-corrected chi connectivity index (χ1v) is 16.1. The van der Waals surface area contributed by atoms with Crippen molar-refractivity contribution in [1.29, 1.82) is 0 Å². The highest BCUT2D eigenvalue weighted by atomic mass is 16.2. The molecule has 4 rings (SSSR count). The Morgan fingerprint density at radius 3 is 2.44 bits per heavy atom. The summed E-state index contributed by atoms with van der Waals surface area (Å²) in [5.74, 6) is 7.81. The molecular weight excluding hydrogens is 438 g/mol. The number of nitrogens with zero attached hydrogens (tertiary/aromatic N) is 1. The van der Waals surface area contributed by atoms with E-state index in [4.69, 9.17) is 6.42 Å². The fraction of sp³-hybridized carbons (Fsp3) is 0.912. The molecule has 0 N–H and O–H groups in total. The molecular formula is C34H57NO. The van der Waals surface area contributed by atoms with Crippen LogP contribution in [0.3, 0.4) is 0 Å². The van der Waals surface area contributed by atoms with Crippen LogP contribution in [0, 0.1) is 52.8 Å². The van der Waals surface area contributed by atoms with Gasteiger partial charge in [-0.2, -0.15) is 0 Å². The van der Waals surface area contributed by atoms with Gasteiger partial charge in [0.05, 0.1) is 6.54 Å². The van der Waals surface area contributed by atoms with Crippen LogP contribution < -0.4 is 0 Å². The number of unbranched alkanes of at least 4 members (excludes halogenated alkanes) is 5. The molecule has 2 heteroatoms. The second-order valence-corrected chi connectivity index (χ2v) is 13.9. The smallest absolute Gasteiger partial charge is 0.223 e. The Bertz CT molecular complexity index is 753. The Hall–Kier alpha value is -0.970. The van der Waals surface area contributed by atoms with Gasteiger partial charge in [-0.05, 0) is 111 Å². The fourth-order valence-electron chi connectivity index (χ4n) is 10.0. The molecule has 4 unspecified atom stereocenters. The van der Waals surface area contributed by atoms with Crippen molar-refractivity contribution >= 4 is 5.91 Å². The van der Waals surface area contributed by atoms with E-state index in [-0.39, 0.29) is 0 Å². The topological polar surface area (TPSA) is 20.3 Å². The first-order valence-electron chi connectivity index (χ1n) is 16.1. The summed E-state index contributed by atoms with van der Waals surface area (Å²) in [6.07, 6.45) is 30.9. The summed E-state index contributed by atoms with van der Waals surface area (Å²) >= 11 is 0. The zero-order chi connectivity index (χ0) is 25.6. The van der Waals surface area contributed by atoms with Gasteiger partial charge in [-0.1, -0.05) is 71.6 Å². The van der Waals surface area contributed by atoms with Crippen molar-refractivity contribution in [3.05, 3.63) is 0 Å². The summed E-state index contributed by atoms with van der Waals surface area (Å²) < 4.78 is 0. The van der Waals surface area contributed by atoms with Crippen LogP contribution in [0.1, 0.15) is 143 Å². The van der Waals surface area contributed by atoms with Gasteiger partial charge in [0.1, 0.15) is 0 Å². The summed E-state index contributed by atoms with van der Waals surface area (Å²) in [6, 6.07) is 0. The van der Waals surface area contributed by atoms with E-state index in [9.17, 15) is 4.79 Å². The number of rotatable bonds is 12. The van der Waals surface area contributed by atoms with E-state index in [1.165, 1.54) is 103 Å². The number of hydrogen-bond donors (Lipinski definition) is 0. The lowest BCUT2D eigenvalue weighted by Crippen LogP contribution is -2.52. The summed E-state index contributed by atoms with van der Waals surface area (Å²) in [7, 11) is 0. The lowest BCUT2D eigenvalue weighted by molar-refractivity contribution is -0.131. The van der Waals surface area contributed by atoms with Gasteiger partial charge in [0.25, 0.3) is 0 Å². The first-order chi connectivity index (χ1) is 17.4. The number of amides is 1. The van der Waals surface area contributed by atoms with Gasteiger partial charge in [-0.25, -0.2) is 0 Å². The molecule has 0 heterocycles. The molecule has 0 bridgehead atoms. The number of hydrogen-bond acceptors (Lipinski definition) is 1. The number of terminal acetylenes is 1. The zero-order valence-corrected chi connectivity index (χ0v) is 24.2. The van der Waals surface area contributed by atoms with Crippen molar-refractivity contribution in [2.24, 2.45) is 40.4 Å². The molecule has 0 saturated heterocycles. The Kier molecular flexibility index (Phi) is 9.91. The van der Waals surface area contributed by atoms with Crippen molar-refractivity contribution in [2.45, 2.75) is 143 Å². The Morgan fingerprint density at radius 1 is 0.861 bits per heavy atom. The lowest BCUT2D eigenvalue weighted by Gasteiger charge is -2.60. The molecule has 4 aliphatic carbocycles. The minimum atomic E-state index is 0.300. The molecule has 0 aliphatic heterocycles. The van der Waals surface area contributed by atoms with Crippen molar-refractivity contribution in [3.8, 4) is 12.3 Å². The summed E-state index contributed by atoms with van der Waals surface area (Å²) in [5, 5.41) is 0. The second kappa shape index (κ2) is 12.7. The third kappa shape index (κ3) is 5.86. The molecule has 4 saturated carbocycles. The van der Waals surface area contributed by atoms with E-state index in [2.05, 4.69) is 26.7 Å². The first kappa shape index (κ1) is 28.0. The number of carbonyl (C=O) groups is 1. The van der Waals surface area contributed by atoms with Gasteiger partial charge in [0.15, 0.2) is 0 Å². The van der Waals surface area contributed by atoms with Crippen molar-refractivity contribution in [3.63, 3.8) is 0 Å². The minimum Gasteiger partial charge on any atom is -0.332 e. The molecule has 0 radical (unpaired) electrons. The molecule has 0 spiro atoms. The highest BCUT2D eigenvalue weighted by Crippen LogP contribution is 2.67. The highest BCUT2D eigenvalue weighted by molar-refractivity contribution is 5.76. The number of carbonyl (C=O) groups excluding carboxylic acids is 1. The van der Waals surface area contributed by atoms with Gasteiger partial charge in [-0.15, -0.1) is 6.42 Å². The normalized spacial score (nSPS) is 37.4. The SMILES string of the molecule is C#CCN(CCCCCCCC)C(=O)CCC[C@H]1CCC2C3CCC4CCCC[C@]4(C)C3CC[C@@]21C. The van der Waals surface area contributed by atoms with Crippen molar-refractivity contribution in [2.75, 3.05) is 13.1 Å². The van der Waals surface area contributed by atoms with Crippen molar-refractivity contribution in [1.82, 2.24) is 4.90 Å². The molecule has 0 aromatic rings. The lowest BCUT2D eigenvalue weighted by atomic mass is 9.45. The van der Waals surface area contributed by atoms with E-state index in [1.807, 2.05) is 4.90 Å². The molecule has 1 amide bonds. The fourth-order valence-corrected chi connectivity index (χ4v) is 10.0. The zero-order valence-electron chi connectivity index (χ0n) is 24.2. The van der Waals surface area contributed by atoms with Gasteiger partial charge in [0.2, 0.25) is 5.91 Å². The molecule has 204 valence electrons. The monoisotopic (exact) mass is 495 g/mol. The minimum absolute atomic E-state index is 0.300. The Morgan fingerprint density at radius 2 is 1.64 bits per heavy atom. The molecule has 2 nitrogen and oxygen atoms in total. The maximum absolute atomic E-state index is 13.0. The van der Waals surface area contributed by atoms with Crippen LogP contribution >= 0.6 is 0 Å². The standard InChI is InChI=1S/C34H57NO/c1-5-7-8-9-10-13-26-35(25-6-2)32(36)17-14-16-28-19-21-30-29-20-18-27-15-11-12-23-33(27,3)31(29)22-24-34(28,30)4/h2,27-31H,5,7-26H2,1,3-4H3/t27?,28-,29?,30?,31?,33-,34+/m0/s1. The third-order valence-electron chi connectivity index (χ3n) is 12.1. The van der Waals surface area contributed by atoms with E-state index in [1.54, 1.807) is 0 Å². The summed E-state index contributed by atoms with van der Waals surface area (Å²) in [4.78, 5) is 15.0. The maximum atomic E-state index is 13.0.